The van der Waals surface area contributed by atoms with E-state index in [-0.39, 0.29) is 12.4 Å². The Bertz CT molecular complexity index is 511. The third-order valence-electron chi connectivity index (χ3n) is 2.61. The maximum atomic E-state index is 12.3. The van der Waals surface area contributed by atoms with E-state index in [0.717, 1.165) is 10.2 Å². The highest BCUT2D eigenvalue weighted by molar-refractivity contribution is 5.85. The summed E-state index contributed by atoms with van der Waals surface area (Å²) in [7, 11) is 0. The van der Waals surface area contributed by atoms with Crippen LogP contribution in [0.4, 0.5) is 13.2 Å². The molecule has 0 bridgehead atoms. The number of rotatable bonds is 5. The maximum Gasteiger partial charge on any atom is 0.408 e. The predicted molar refractivity (Wildman–Crippen MR) is 72.5 cm³/mol. The Morgan fingerprint density at radius 1 is 1.05 bits per heavy atom. The fourth-order valence-electron chi connectivity index (χ4n) is 1.75. The molecule has 2 aromatic rings. The number of nitrogens with zero attached hydrogens (tertiary/aromatic N) is 2. The van der Waals surface area contributed by atoms with Crippen molar-refractivity contribution in [2.24, 2.45) is 0 Å². The van der Waals surface area contributed by atoms with Crippen molar-refractivity contribution >= 4 is 12.4 Å². The van der Waals surface area contributed by atoms with Crippen LogP contribution in [0.15, 0.2) is 42.6 Å². The monoisotopic (exact) mass is 305 g/mol. The third-order valence-corrected chi connectivity index (χ3v) is 2.61. The summed E-state index contributed by atoms with van der Waals surface area (Å²) < 4.78 is 37.9. The van der Waals surface area contributed by atoms with Gasteiger partial charge in [0.05, 0.1) is 5.69 Å². The topological polar surface area (TPSA) is 29.9 Å². The van der Waals surface area contributed by atoms with Crippen molar-refractivity contribution in [1.82, 2.24) is 15.1 Å². The van der Waals surface area contributed by atoms with Gasteiger partial charge in [-0.3, -0.25) is 4.68 Å². The van der Waals surface area contributed by atoms with Crippen LogP contribution in [-0.4, -0.2) is 16.0 Å². The van der Waals surface area contributed by atoms with Gasteiger partial charge in [0.2, 0.25) is 0 Å². The SMILES string of the molecule is Cl.FC(F)(F)Cn1nccc1CNCc1ccccc1. The summed E-state index contributed by atoms with van der Waals surface area (Å²) >= 11 is 0. The summed E-state index contributed by atoms with van der Waals surface area (Å²) in [6, 6.07) is 11.3. The summed E-state index contributed by atoms with van der Waals surface area (Å²) in [5.74, 6) is 0. The second-order valence-corrected chi connectivity index (χ2v) is 4.18. The van der Waals surface area contributed by atoms with Gasteiger partial charge in [0.25, 0.3) is 0 Å². The molecule has 2 rings (SSSR count). The molecular weight excluding hydrogens is 291 g/mol. The lowest BCUT2D eigenvalue weighted by Crippen LogP contribution is -2.23. The van der Waals surface area contributed by atoms with E-state index in [4.69, 9.17) is 0 Å². The van der Waals surface area contributed by atoms with E-state index in [1.54, 1.807) is 6.07 Å². The largest absolute Gasteiger partial charge is 0.408 e. The smallest absolute Gasteiger partial charge is 0.307 e. The number of benzene rings is 1. The van der Waals surface area contributed by atoms with Crippen LogP contribution in [0.1, 0.15) is 11.3 Å². The Balaban J connectivity index is 0.00000200. The summed E-state index contributed by atoms with van der Waals surface area (Å²) in [6.45, 7) is -0.0919. The van der Waals surface area contributed by atoms with Gasteiger partial charge in [-0.05, 0) is 11.6 Å². The van der Waals surface area contributed by atoms with Gasteiger partial charge in [0, 0.05) is 19.3 Å². The molecule has 7 heteroatoms. The Labute approximate surface area is 121 Å². The highest BCUT2D eigenvalue weighted by Gasteiger charge is 2.29. The molecule has 0 radical (unpaired) electrons. The molecule has 0 saturated carbocycles. The molecule has 110 valence electrons. The summed E-state index contributed by atoms with van der Waals surface area (Å²) in [5.41, 5.74) is 1.61. The van der Waals surface area contributed by atoms with Crippen LogP contribution >= 0.6 is 12.4 Å². The molecular formula is C13H15ClF3N3. The fourth-order valence-corrected chi connectivity index (χ4v) is 1.75. The van der Waals surface area contributed by atoms with E-state index in [2.05, 4.69) is 10.4 Å². The van der Waals surface area contributed by atoms with Crippen LogP contribution in [0, 0.1) is 0 Å². The van der Waals surface area contributed by atoms with Crippen molar-refractivity contribution in [3.63, 3.8) is 0 Å². The number of nitrogens with one attached hydrogen (secondary N) is 1. The number of alkyl halides is 3. The highest BCUT2D eigenvalue weighted by Crippen LogP contribution is 2.17. The lowest BCUT2D eigenvalue weighted by molar-refractivity contribution is -0.143. The normalized spacial score (nSPS) is 11.2. The van der Waals surface area contributed by atoms with Gasteiger partial charge in [-0.15, -0.1) is 12.4 Å². The average Bonchev–Trinajstić information content (AvgIpc) is 2.76. The van der Waals surface area contributed by atoms with E-state index in [9.17, 15) is 13.2 Å². The lowest BCUT2D eigenvalue weighted by atomic mass is 10.2. The molecule has 0 amide bonds. The van der Waals surface area contributed by atoms with Gasteiger partial charge < -0.3 is 5.32 Å². The minimum Gasteiger partial charge on any atom is -0.307 e. The average molecular weight is 306 g/mol. The molecule has 0 aliphatic rings. The second-order valence-electron chi connectivity index (χ2n) is 4.18. The van der Waals surface area contributed by atoms with Gasteiger partial charge in [-0.2, -0.15) is 18.3 Å². The third kappa shape index (κ3) is 5.22. The van der Waals surface area contributed by atoms with Crippen LogP contribution in [0.3, 0.4) is 0 Å². The van der Waals surface area contributed by atoms with Crippen LogP contribution in [0.25, 0.3) is 0 Å². The van der Waals surface area contributed by atoms with E-state index in [0.29, 0.717) is 18.8 Å². The Morgan fingerprint density at radius 3 is 2.40 bits per heavy atom. The molecule has 0 aliphatic heterocycles. The molecule has 0 fully saturated rings. The Morgan fingerprint density at radius 2 is 1.75 bits per heavy atom. The van der Waals surface area contributed by atoms with Crippen molar-refractivity contribution in [1.29, 1.82) is 0 Å². The summed E-state index contributed by atoms with van der Waals surface area (Å²) in [4.78, 5) is 0. The van der Waals surface area contributed by atoms with E-state index in [1.165, 1.54) is 6.20 Å². The van der Waals surface area contributed by atoms with Gasteiger partial charge >= 0.3 is 6.18 Å². The number of aromatic nitrogens is 2. The highest BCUT2D eigenvalue weighted by atomic mass is 35.5. The zero-order chi connectivity index (χ0) is 13.7. The van der Waals surface area contributed by atoms with Gasteiger partial charge in [-0.1, -0.05) is 30.3 Å². The molecule has 1 N–H and O–H groups in total. The molecule has 3 nitrogen and oxygen atoms in total. The minimum absolute atomic E-state index is 0. The van der Waals surface area contributed by atoms with E-state index >= 15 is 0 Å². The van der Waals surface area contributed by atoms with Crippen molar-refractivity contribution < 1.29 is 13.2 Å². The lowest BCUT2D eigenvalue weighted by Gasteiger charge is -2.11. The zero-order valence-electron chi connectivity index (χ0n) is 10.6. The van der Waals surface area contributed by atoms with Crippen LogP contribution in [-0.2, 0) is 19.6 Å². The Kier molecular flexibility index (Phi) is 6.04. The van der Waals surface area contributed by atoms with Gasteiger partial charge in [0.15, 0.2) is 0 Å². The molecule has 1 aromatic heterocycles. The first-order valence-corrected chi connectivity index (χ1v) is 5.87. The van der Waals surface area contributed by atoms with Crippen molar-refractivity contribution in [2.45, 2.75) is 25.8 Å². The molecule has 1 aromatic carbocycles. The zero-order valence-corrected chi connectivity index (χ0v) is 11.4. The molecule has 0 atom stereocenters. The van der Waals surface area contributed by atoms with Gasteiger partial charge in [0.1, 0.15) is 6.54 Å². The first-order valence-electron chi connectivity index (χ1n) is 5.87. The van der Waals surface area contributed by atoms with Crippen molar-refractivity contribution in [3.05, 3.63) is 53.9 Å². The minimum atomic E-state index is -4.25. The maximum absolute atomic E-state index is 12.3. The standard InChI is InChI=1S/C13H14F3N3.ClH/c14-13(15,16)10-19-12(6-7-18-19)9-17-8-11-4-2-1-3-5-11;/h1-7,17H,8-10H2;1H. The van der Waals surface area contributed by atoms with Crippen LogP contribution < -0.4 is 5.32 Å². The fraction of sp³-hybridized carbons (Fsp3) is 0.308. The predicted octanol–water partition coefficient (Wildman–Crippen LogP) is 3.16. The molecule has 1 heterocycles. The Hall–Kier alpha value is -1.53. The molecule has 0 aliphatic carbocycles. The molecule has 0 spiro atoms. The molecule has 0 saturated heterocycles. The van der Waals surface area contributed by atoms with Crippen LogP contribution in [0.2, 0.25) is 0 Å². The number of halogens is 4. The number of hydrogen-bond acceptors (Lipinski definition) is 2. The summed E-state index contributed by atoms with van der Waals surface area (Å²) in [5, 5.41) is 6.79. The van der Waals surface area contributed by atoms with Crippen LogP contribution in [0.5, 0.6) is 0 Å². The van der Waals surface area contributed by atoms with E-state index in [1.807, 2.05) is 30.3 Å². The number of hydrogen-bond donors (Lipinski definition) is 1. The second kappa shape index (κ2) is 7.31. The van der Waals surface area contributed by atoms with Crippen molar-refractivity contribution in [2.75, 3.05) is 0 Å². The molecule has 20 heavy (non-hydrogen) atoms. The van der Waals surface area contributed by atoms with Crippen molar-refractivity contribution in [3.8, 4) is 0 Å². The summed E-state index contributed by atoms with van der Waals surface area (Å²) in [6.07, 6.45) is -2.87. The first-order chi connectivity index (χ1) is 9.04. The van der Waals surface area contributed by atoms with Gasteiger partial charge in [-0.25, -0.2) is 0 Å². The molecule has 0 unspecified atom stereocenters. The first kappa shape index (κ1) is 16.5. The quantitative estimate of drug-likeness (QED) is 0.919. The van der Waals surface area contributed by atoms with E-state index < -0.39 is 12.7 Å².